The number of hydrogen-bond acceptors (Lipinski definition) is 3. The molecule has 0 bridgehead atoms. The van der Waals surface area contributed by atoms with E-state index >= 15 is 0 Å². The molecule has 1 amide bonds. The highest BCUT2D eigenvalue weighted by Gasteiger charge is 2.27. The molecule has 1 aliphatic rings. The molecule has 3 rings (SSSR count). The average Bonchev–Trinajstić information content (AvgIpc) is 2.58. The number of nitrogens with two attached hydrogens (primary N) is 1. The molecule has 0 radical (unpaired) electrons. The van der Waals surface area contributed by atoms with E-state index in [0.717, 1.165) is 25.0 Å². The summed E-state index contributed by atoms with van der Waals surface area (Å²) >= 11 is 0. The van der Waals surface area contributed by atoms with Crippen molar-refractivity contribution in [1.82, 2.24) is 4.90 Å². The van der Waals surface area contributed by atoms with Crippen LogP contribution in [0.25, 0.3) is 0 Å². The van der Waals surface area contributed by atoms with E-state index in [1.54, 1.807) is 24.3 Å². The van der Waals surface area contributed by atoms with Gasteiger partial charge in [-0.25, -0.2) is 8.78 Å². The van der Waals surface area contributed by atoms with Gasteiger partial charge in [0.1, 0.15) is 11.5 Å². The van der Waals surface area contributed by atoms with Crippen LogP contribution in [0.2, 0.25) is 0 Å². The van der Waals surface area contributed by atoms with Crippen LogP contribution in [0.5, 0.6) is 11.5 Å². The molecule has 1 saturated heterocycles. The number of piperidine rings is 1. The minimum atomic E-state index is -0.971. The zero-order chi connectivity index (χ0) is 18.0. The summed E-state index contributed by atoms with van der Waals surface area (Å²) in [6.45, 7) is 2.64. The third-order valence-electron chi connectivity index (χ3n) is 4.41. The minimum Gasteiger partial charge on any atom is -0.457 e. The maximum Gasteiger partial charge on any atom is 0.254 e. The molecule has 1 fully saturated rings. The van der Waals surface area contributed by atoms with Crippen molar-refractivity contribution in [2.75, 3.05) is 6.54 Å². The Kier molecular flexibility index (Phi) is 4.99. The van der Waals surface area contributed by atoms with E-state index in [1.807, 2.05) is 11.8 Å². The second-order valence-electron chi connectivity index (χ2n) is 6.33. The van der Waals surface area contributed by atoms with Gasteiger partial charge in [0, 0.05) is 30.3 Å². The fourth-order valence-electron chi connectivity index (χ4n) is 3.02. The number of likely N-dealkylation sites (tertiary alicyclic amines) is 1. The fourth-order valence-corrected chi connectivity index (χ4v) is 3.02. The van der Waals surface area contributed by atoms with Gasteiger partial charge in [0.2, 0.25) is 0 Å². The van der Waals surface area contributed by atoms with E-state index in [0.29, 0.717) is 17.9 Å². The van der Waals surface area contributed by atoms with Crippen LogP contribution < -0.4 is 10.5 Å². The smallest absolute Gasteiger partial charge is 0.254 e. The van der Waals surface area contributed by atoms with Crippen molar-refractivity contribution in [2.45, 2.75) is 31.8 Å². The largest absolute Gasteiger partial charge is 0.457 e. The van der Waals surface area contributed by atoms with Crippen molar-refractivity contribution in [3.63, 3.8) is 0 Å². The molecule has 132 valence electrons. The molecule has 0 spiro atoms. The predicted octanol–water partition coefficient (Wildman–Crippen LogP) is 3.71. The molecule has 1 heterocycles. The Morgan fingerprint density at radius 2 is 1.80 bits per heavy atom. The van der Waals surface area contributed by atoms with Gasteiger partial charge in [-0.15, -0.1) is 0 Å². The lowest BCUT2D eigenvalue weighted by molar-refractivity contribution is 0.0619. The first kappa shape index (κ1) is 17.4. The van der Waals surface area contributed by atoms with Crippen molar-refractivity contribution in [1.29, 1.82) is 0 Å². The lowest BCUT2D eigenvalue weighted by Crippen LogP contribution is -2.48. The third-order valence-corrected chi connectivity index (χ3v) is 4.41. The van der Waals surface area contributed by atoms with Crippen molar-refractivity contribution in [3.8, 4) is 11.5 Å². The summed E-state index contributed by atoms with van der Waals surface area (Å²) in [4.78, 5) is 14.4. The Hall–Kier alpha value is -2.47. The molecule has 2 N–H and O–H groups in total. The fraction of sp³-hybridized carbons (Fsp3) is 0.316. The molecular weight excluding hydrogens is 326 g/mol. The van der Waals surface area contributed by atoms with Crippen LogP contribution in [0.4, 0.5) is 8.78 Å². The summed E-state index contributed by atoms with van der Waals surface area (Å²) in [5, 5.41) is 0. The van der Waals surface area contributed by atoms with Crippen molar-refractivity contribution in [2.24, 2.45) is 5.73 Å². The van der Waals surface area contributed by atoms with Gasteiger partial charge in [0.25, 0.3) is 5.91 Å². The van der Waals surface area contributed by atoms with Crippen LogP contribution in [-0.2, 0) is 0 Å². The molecular formula is C19H20F2N2O2. The highest BCUT2D eigenvalue weighted by atomic mass is 19.2. The first-order valence-corrected chi connectivity index (χ1v) is 8.23. The highest BCUT2D eigenvalue weighted by Crippen LogP contribution is 2.25. The highest BCUT2D eigenvalue weighted by molar-refractivity contribution is 5.94. The lowest BCUT2D eigenvalue weighted by atomic mass is 9.98. The molecule has 0 saturated carbocycles. The number of carbonyl (C=O) groups is 1. The number of halogens is 2. The van der Waals surface area contributed by atoms with Crippen LogP contribution in [0, 0.1) is 11.6 Å². The van der Waals surface area contributed by atoms with Gasteiger partial charge in [0.15, 0.2) is 11.6 Å². The number of amides is 1. The summed E-state index contributed by atoms with van der Waals surface area (Å²) in [6.07, 6.45) is 1.59. The van der Waals surface area contributed by atoms with E-state index in [2.05, 4.69) is 0 Å². The molecule has 2 aromatic carbocycles. The van der Waals surface area contributed by atoms with Gasteiger partial charge >= 0.3 is 0 Å². The van der Waals surface area contributed by atoms with E-state index < -0.39 is 11.6 Å². The van der Waals surface area contributed by atoms with Gasteiger partial charge in [0.05, 0.1) is 0 Å². The molecule has 25 heavy (non-hydrogen) atoms. The minimum absolute atomic E-state index is 0.0428. The number of hydrogen-bond donors (Lipinski definition) is 1. The van der Waals surface area contributed by atoms with Gasteiger partial charge in [-0.3, -0.25) is 4.79 Å². The van der Waals surface area contributed by atoms with E-state index in [4.69, 9.17) is 10.5 Å². The molecule has 2 atom stereocenters. The maximum absolute atomic E-state index is 13.2. The molecule has 4 nitrogen and oxygen atoms in total. The Morgan fingerprint density at radius 1 is 1.12 bits per heavy atom. The van der Waals surface area contributed by atoms with E-state index in [1.165, 1.54) is 6.07 Å². The normalized spacial score (nSPS) is 20.4. The number of ether oxygens (including phenoxy) is 1. The first-order chi connectivity index (χ1) is 11.9. The summed E-state index contributed by atoms with van der Waals surface area (Å²) in [7, 11) is 0. The Balaban J connectivity index is 1.69. The number of nitrogens with zero attached hydrogens (tertiary/aromatic N) is 1. The molecule has 6 heteroatoms. The lowest BCUT2D eigenvalue weighted by Gasteiger charge is -2.36. The standard InChI is InChI=1S/C19H20F2N2O2/c1-12-10-14(22)8-9-23(12)19(24)13-2-4-15(5-3-13)25-16-6-7-17(20)18(21)11-16/h2-7,11-12,14H,8-10,22H2,1H3/t12-,14+/m1/s1. The van der Waals surface area contributed by atoms with Crippen molar-refractivity contribution >= 4 is 5.91 Å². The Labute approximate surface area is 145 Å². The third kappa shape index (κ3) is 3.96. The van der Waals surface area contributed by atoms with Crippen molar-refractivity contribution < 1.29 is 18.3 Å². The van der Waals surface area contributed by atoms with Crippen LogP contribution in [-0.4, -0.2) is 29.4 Å². The van der Waals surface area contributed by atoms with Crippen molar-refractivity contribution in [3.05, 3.63) is 59.7 Å². The molecule has 0 unspecified atom stereocenters. The number of benzene rings is 2. The zero-order valence-electron chi connectivity index (χ0n) is 13.9. The van der Waals surface area contributed by atoms with Gasteiger partial charge in [-0.1, -0.05) is 0 Å². The SMILES string of the molecule is C[C@@H]1C[C@@H](N)CCN1C(=O)c1ccc(Oc2ccc(F)c(F)c2)cc1. The van der Waals surface area contributed by atoms with Crippen LogP contribution >= 0.6 is 0 Å². The van der Waals surface area contributed by atoms with Gasteiger partial charge < -0.3 is 15.4 Å². The Morgan fingerprint density at radius 3 is 2.44 bits per heavy atom. The van der Waals surface area contributed by atoms with Crippen LogP contribution in [0.3, 0.4) is 0 Å². The summed E-state index contributed by atoms with van der Waals surface area (Å²) in [6, 6.07) is 10.2. The molecule has 2 aromatic rings. The number of rotatable bonds is 3. The van der Waals surface area contributed by atoms with Gasteiger partial charge in [-0.2, -0.15) is 0 Å². The quantitative estimate of drug-likeness (QED) is 0.922. The summed E-state index contributed by atoms with van der Waals surface area (Å²) in [5.74, 6) is -1.31. The van der Waals surface area contributed by atoms with E-state index in [-0.39, 0.29) is 23.7 Å². The summed E-state index contributed by atoms with van der Waals surface area (Å²) < 4.78 is 31.6. The number of carbonyl (C=O) groups excluding carboxylic acids is 1. The predicted molar refractivity (Wildman–Crippen MR) is 90.6 cm³/mol. The molecule has 1 aliphatic heterocycles. The topological polar surface area (TPSA) is 55.6 Å². The zero-order valence-corrected chi connectivity index (χ0v) is 13.9. The van der Waals surface area contributed by atoms with Crippen LogP contribution in [0.15, 0.2) is 42.5 Å². The monoisotopic (exact) mass is 346 g/mol. The second-order valence-corrected chi connectivity index (χ2v) is 6.33. The average molecular weight is 346 g/mol. The summed E-state index contributed by atoms with van der Waals surface area (Å²) in [5.41, 5.74) is 6.49. The Bertz CT molecular complexity index is 765. The van der Waals surface area contributed by atoms with E-state index in [9.17, 15) is 13.6 Å². The maximum atomic E-state index is 13.2. The van der Waals surface area contributed by atoms with Crippen LogP contribution in [0.1, 0.15) is 30.1 Å². The molecule has 0 aliphatic carbocycles. The molecule has 0 aromatic heterocycles. The van der Waals surface area contributed by atoms with Gasteiger partial charge in [-0.05, 0) is 56.2 Å². The first-order valence-electron chi connectivity index (χ1n) is 8.23. The second kappa shape index (κ2) is 7.19.